The van der Waals surface area contributed by atoms with Crippen LogP contribution in [0.3, 0.4) is 0 Å². The average Bonchev–Trinajstić information content (AvgIpc) is 2.60. The third-order valence-corrected chi connectivity index (χ3v) is 4.65. The van der Waals surface area contributed by atoms with Crippen molar-refractivity contribution >= 4 is 17.9 Å². The molecule has 0 unspecified atom stereocenters. The molecule has 1 N–H and O–H groups in total. The van der Waals surface area contributed by atoms with E-state index in [-0.39, 0.29) is 12.2 Å². The van der Waals surface area contributed by atoms with E-state index in [0.717, 1.165) is 11.1 Å². The van der Waals surface area contributed by atoms with Gasteiger partial charge in [-0.1, -0.05) is 55.4 Å². The fraction of sp³-hybridized carbons (Fsp3) is 0.480. The molecule has 0 heterocycles. The van der Waals surface area contributed by atoms with Crippen LogP contribution in [-0.2, 0) is 23.9 Å². The zero-order valence-corrected chi connectivity index (χ0v) is 19.8. The minimum atomic E-state index is -0.912. The van der Waals surface area contributed by atoms with Crippen molar-refractivity contribution in [2.75, 3.05) is 6.79 Å². The minimum absolute atomic E-state index is 0.260. The highest BCUT2D eigenvalue weighted by Crippen LogP contribution is 2.40. The number of hydrogen-bond donors (Lipinski definition) is 1. The second-order valence-electron chi connectivity index (χ2n) is 8.15. The zero-order valence-electron chi connectivity index (χ0n) is 19.8. The van der Waals surface area contributed by atoms with Gasteiger partial charge in [0.25, 0.3) is 0 Å². The lowest BCUT2D eigenvalue weighted by molar-refractivity contribution is -0.164. The molecular formula is C25H36O6. The number of allylic oxidation sites excluding steroid dienone is 9. The summed E-state index contributed by atoms with van der Waals surface area (Å²) in [7, 11) is 0. The lowest BCUT2D eigenvalue weighted by Crippen LogP contribution is -2.19. The van der Waals surface area contributed by atoms with Crippen molar-refractivity contribution in [3.8, 4) is 0 Å². The molecule has 0 aromatic rings. The normalized spacial score (nSPS) is 16.7. The van der Waals surface area contributed by atoms with Crippen LogP contribution in [0.15, 0.2) is 58.7 Å². The van der Waals surface area contributed by atoms with Gasteiger partial charge in [-0.05, 0) is 56.6 Å². The Kier molecular flexibility index (Phi) is 12.9. The third-order valence-electron chi connectivity index (χ3n) is 4.65. The van der Waals surface area contributed by atoms with Gasteiger partial charge in [0.2, 0.25) is 6.79 Å². The molecule has 0 spiro atoms. The quantitative estimate of drug-likeness (QED) is 0.241. The number of esters is 2. The Labute approximate surface area is 186 Å². The maximum absolute atomic E-state index is 10.5. The maximum atomic E-state index is 10.5. The Morgan fingerprint density at radius 3 is 2.06 bits per heavy atom. The van der Waals surface area contributed by atoms with Crippen LogP contribution in [0.2, 0.25) is 0 Å². The van der Waals surface area contributed by atoms with E-state index in [2.05, 4.69) is 49.3 Å². The van der Waals surface area contributed by atoms with E-state index in [4.69, 9.17) is 5.11 Å². The van der Waals surface area contributed by atoms with Crippen molar-refractivity contribution in [2.45, 2.75) is 67.7 Å². The van der Waals surface area contributed by atoms with E-state index in [0.29, 0.717) is 0 Å². The molecule has 1 aliphatic carbocycles. The van der Waals surface area contributed by atoms with Crippen molar-refractivity contribution in [2.24, 2.45) is 5.41 Å². The second-order valence-corrected chi connectivity index (χ2v) is 8.15. The average molecular weight is 433 g/mol. The fourth-order valence-electron chi connectivity index (χ4n) is 3.07. The summed E-state index contributed by atoms with van der Waals surface area (Å²) in [6.45, 7) is 12.9. The number of rotatable bonds is 7. The highest BCUT2D eigenvalue weighted by molar-refractivity contribution is 5.81. The highest BCUT2D eigenvalue weighted by Gasteiger charge is 2.26. The molecule has 172 valence electrons. The lowest BCUT2D eigenvalue weighted by atomic mass is 9.72. The Balaban J connectivity index is 0.000000842. The van der Waals surface area contributed by atoms with E-state index in [1.54, 1.807) is 13.0 Å². The van der Waals surface area contributed by atoms with E-state index < -0.39 is 17.9 Å². The number of hydrogen-bond acceptors (Lipinski definition) is 5. The molecular weight excluding hydrogens is 396 g/mol. The third kappa shape index (κ3) is 13.9. The Hall–Kier alpha value is -2.89. The largest absolute Gasteiger partial charge is 0.478 e. The predicted octanol–water partition coefficient (Wildman–Crippen LogP) is 5.67. The standard InChI is InChI=1S/C20H28O2.C5H8O4/c1-15(8-6-9-16(2)14-19(21)22)11-12-18-17(3)10-7-13-20(18,4)5;1-4(6)8-3-9-5(2)7/h6,8-9,11-12,14H,7,10,13H2,1-5H3,(H,21,22);3H2,1-2H3/b9-6?,12-11?,15-8?,16-14-;. The molecule has 0 bridgehead atoms. The fourth-order valence-corrected chi connectivity index (χ4v) is 3.07. The van der Waals surface area contributed by atoms with Crippen LogP contribution in [-0.4, -0.2) is 29.8 Å². The van der Waals surface area contributed by atoms with Gasteiger partial charge < -0.3 is 14.6 Å². The van der Waals surface area contributed by atoms with Crippen molar-refractivity contribution in [3.63, 3.8) is 0 Å². The molecule has 0 amide bonds. The van der Waals surface area contributed by atoms with Gasteiger partial charge in [-0.25, -0.2) is 4.79 Å². The smallest absolute Gasteiger partial charge is 0.328 e. The first kappa shape index (κ1) is 28.1. The predicted molar refractivity (Wildman–Crippen MR) is 122 cm³/mol. The number of aliphatic carboxylic acids is 1. The van der Waals surface area contributed by atoms with Crippen LogP contribution in [0.5, 0.6) is 0 Å². The van der Waals surface area contributed by atoms with E-state index in [1.165, 1.54) is 50.3 Å². The summed E-state index contributed by atoms with van der Waals surface area (Å²) >= 11 is 0. The SMILES string of the molecule is CC(=O)OCOC(C)=O.CC(C=CC1=C(C)CCCC1(C)C)=CC=C/C(C)=C\C(=O)O. The van der Waals surface area contributed by atoms with E-state index >= 15 is 0 Å². The van der Waals surface area contributed by atoms with Gasteiger partial charge in [0, 0.05) is 19.9 Å². The number of ether oxygens (including phenoxy) is 2. The molecule has 6 heteroatoms. The summed E-state index contributed by atoms with van der Waals surface area (Å²) in [4.78, 5) is 30.6. The van der Waals surface area contributed by atoms with Crippen molar-refractivity contribution < 1.29 is 29.0 Å². The summed E-state index contributed by atoms with van der Waals surface area (Å²) in [5, 5.41) is 8.65. The van der Waals surface area contributed by atoms with Crippen LogP contribution >= 0.6 is 0 Å². The molecule has 31 heavy (non-hydrogen) atoms. The van der Waals surface area contributed by atoms with Crippen LogP contribution in [0, 0.1) is 5.41 Å². The van der Waals surface area contributed by atoms with E-state index in [1.807, 2.05) is 12.2 Å². The summed E-state index contributed by atoms with van der Waals surface area (Å²) < 4.78 is 8.54. The minimum Gasteiger partial charge on any atom is -0.478 e. The maximum Gasteiger partial charge on any atom is 0.328 e. The first-order chi connectivity index (χ1) is 14.3. The first-order valence-electron chi connectivity index (χ1n) is 10.3. The van der Waals surface area contributed by atoms with Crippen molar-refractivity contribution in [3.05, 3.63) is 58.7 Å². The zero-order chi connectivity index (χ0) is 24.0. The van der Waals surface area contributed by atoms with Crippen LogP contribution in [0.1, 0.15) is 67.7 Å². The molecule has 0 aliphatic heterocycles. The van der Waals surface area contributed by atoms with E-state index in [9.17, 15) is 14.4 Å². The topological polar surface area (TPSA) is 89.9 Å². The number of carboxylic acid groups (broad SMARTS) is 1. The molecule has 0 aromatic heterocycles. The molecule has 0 radical (unpaired) electrons. The van der Waals surface area contributed by atoms with Gasteiger partial charge in [-0.2, -0.15) is 0 Å². The van der Waals surface area contributed by atoms with Gasteiger partial charge in [0.05, 0.1) is 0 Å². The lowest BCUT2D eigenvalue weighted by Gasteiger charge is -2.32. The molecule has 1 aliphatic rings. The molecule has 0 fully saturated rings. The Morgan fingerprint density at radius 1 is 1.00 bits per heavy atom. The molecule has 0 atom stereocenters. The van der Waals surface area contributed by atoms with Gasteiger partial charge >= 0.3 is 17.9 Å². The number of carbonyl (C=O) groups excluding carboxylic acids is 2. The molecule has 1 rings (SSSR count). The summed E-state index contributed by atoms with van der Waals surface area (Å²) in [5.74, 6) is -1.84. The number of carbonyl (C=O) groups is 3. The van der Waals surface area contributed by atoms with Gasteiger partial charge in [-0.15, -0.1) is 0 Å². The summed E-state index contributed by atoms with van der Waals surface area (Å²) in [6, 6.07) is 0. The first-order valence-corrected chi connectivity index (χ1v) is 10.3. The van der Waals surface area contributed by atoms with Crippen LogP contribution < -0.4 is 0 Å². The Bertz CT molecular complexity index is 777. The molecule has 0 saturated carbocycles. The molecule has 0 saturated heterocycles. The summed E-state index contributed by atoms with van der Waals surface area (Å²) in [6.07, 6.45) is 15.0. The highest BCUT2D eigenvalue weighted by atomic mass is 16.7. The number of carboxylic acids is 1. The second kappa shape index (κ2) is 14.2. The van der Waals surface area contributed by atoms with Crippen LogP contribution in [0.25, 0.3) is 0 Å². The van der Waals surface area contributed by atoms with Crippen molar-refractivity contribution in [1.29, 1.82) is 0 Å². The Morgan fingerprint density at radius 2 is 1.58 bits per heavy atom. The molecule has 6 nitrogen and oxygen atoms in total. The monoisotopic (exact) mass is 432 g/mol. The van der Waals surface area contributed by atoms with Crippen molar-refractivity contribution in [1.82, 2.24) is 0 Å². The van der Waals surface area contributed by atoms with Gasteiger partial charge in [-0.3, -0.25) is 9.59 Å². The van der Waals surface area contributed by atoms with Gasteiger partial charge in [0.15, 0.2) is 0 Å². The summed E-state index contributed by atoms with van der Waals surface area (Å²) in [5.41, 5.74) is 5.09. The van der Waals surface area contributed by atoms with Gasteiger partial charge in [0.1, 0.15) is 0 Å². The van der Waals surface area contributed by atoms with Crippen LogP contribution in [0.4, 0.5) is 0 Å². The molecule has 0 aromatic carbocycles.